The number of nitrogens with one attached hydrogen (secondary N) is 2. The van der Waals surface area contributed by atoms with Crippen LogP contribution in [0.15, 0.2) is 54.6 Å². The lowest BCUT2D eigenvalue weighted by molar-refractivity contribution is 0.0523. The summed E-state index contributed by atoms with van der Waals surface area (Å²) in [5, 5.41) is 6.19. The molecule has 2 N–H and O–H groups in total. The van der Waals surface area contributed by atoms with Gasteiger partial charge in [-0.25, -0.2) is 4.79 Å². The molecule has 0 aliphatic heterocycles. The van der Waals surface area contributed by atoms with Crippen molar-refractivity contribution in [1.82, 2.24) is 10.6 Å². The van der Waals surface area contributed by atoms with E-state index in [0.717, 1.165) is 18.7 Å². The van der Waals surface area contributed by atoms with Crippen LogP contribution in [0.1, 0.15) is 37.5 Å². The summed E-state index contributed by atoms with van der Waals surface area (Å²) in [6, 6.07) is 18.5. The van der Waals surface area contributed by atoms with E-state index < -0.39 is 11.7 Å². The SMILES string of the molecule is CC(C)(C)OC(=O)NCc1ccc(CNCc2ccccc2)cc1. The number of benzene rings is 2. The highest BCUT2D eigenvalue weighted by Crippen LogP contribution is 2.08. The molecule has 0 aliphatic carbocycles. The van der Waals surface area contributed by atoms with Gasteiger partial charge in [-0.2, -0.15) is 0 Å². The topological polar surface area (TPSA) is 50.4 Å². The smallest absolute Gasteiger partial charge is 0.407 e. The summed E-state index contributed by atoms with van der Waals surface area (Å²) in [4.78, 5) is 11.6. The number of carbonyl (C=O) groups is 1. The Morgan fingerprint density at radius 3 is 1.88 bits per heavy atom. The minimum Gasteiger partial charge on any atom is -0.444 e. The van der Waals surface area contributed by atoms with Gasteiger partial charge in [-0.1, -0.05) is 54.6 Å². The fourth-order valence-electron chi connectivity index (χ4n) is 2.21. The second kappa shape index (κ2) is 8.50. The summed E-state index contributed by atoms with van der Waals surface area (Å²) in [5.74, 6) is 0. The van der Waals surface area contributed by atoms with E-state index in [4.69, 9.17) is 4.74 Å². The van der Waals surface area contributed by atoms with Gasteiger partial charge in [-0.15, -0.1) is 0 Å². The van der Waals surface area contributed by atoms with Gasteiger partial charge in [0, 0.05) is 19.6 Å². The molecular weight excluding hydrogens is 300 g/mol. The molecule has 0 aromatic heterocycles. The monoisotopic (exact) mass is 326 g/mol. The molecular formula is C20H26N2O2. The largest absolute Gasteiger partial charge is 0.444 e. The first kappa shape index (κ1) is 18.0. The Hall–Kier alpha value is -2.33. The van der Waals surface area contributed by atoms with Gasteiger partial charge in [0.1, 0.15) is 5.60 Å². The first-order valence-corrected chi connectivity index (χ1v) is 8.22. The molecule has 0 unspecified atom stereocenters. The van der Waals surface area contributed by atoms with Crippen LogP contribution in [0.2, 0.25) is 0 Å². The van der Waals surface area contributed by atoms with Crippen molar-refractivity contribution < 1.29 is 9.53 Å². The van der Waals surface area contributed by atoms with Crippen LogP contribution in [0.5, 0.6) is 0 Å². The minimum absolute atomic E-state index is 0.392. The second-order valence-electron chi connectivity index (χ2n) is 6.76. The third-order valence-electron chi connectivity index (χ3n) is 3.36. The lowest BCUT2D eigenvalue weighted by Crippen LogP contribution is -2.32. The molecule has 2 aromatic carbocycles. The van der Waals surface area contributed by atoms with Gasteiger partial charge in [0.25, 0.3) is 0 Å². The van der Waals surface area contributed by atoms with Gasteiger partial charge in [0.2, 0.25) is 0 Å². The molecule has 2 aromatic rings. The molecule has 0 bridgehead atoms. The highest BCUT2D eigenvalue weighted by molar-refractivity contribution is 5.67. The van der Waals surface area contributed by atoms with Crippen LogP contribution in [-0.4, -0.2) is 11.7 Å². The highest BCUT2D eigenvalue weighted by Gasteiger charge is 2.15. The zero-order valence-corrected chi connectivity index (χ0v) is 14.6. The van der Waals surface area contributed by atoms with Crippen LogP contribution in [0.4, 0.5) is 4.79 Å². The fourth-order valence-corrected chi connectivity index (χ4v) is 2.21. The van der Waals surface area contributed by atoms with Gasteiger partial charge in [-0.05, 0) is 37.5 Å². The Morgan fingerprint density at radius 1 is 0.833 bits per heavy atom. The molecule has 0 fully saturated rings. The van der Waals surface area contributed by atoms with Crippen molar-refractivity contribution in [1.29, 1.82) is 0 Å². The van der Waals surface area contributed by atoms with Crippen LogP contribution in [0.25, 0.3) is 0 Å². The Morgan fingerprint density at radius 2 is 1.33 bits per heavy atom. The summed E-state index contributed by atoms with van der Waals surface area (Å²) in [6.45, 7) is 7.68. The third-order valence-corrected chi connectivity index (χ3v) is 3.36. The molecule has 128 valence electrons. The molecule has 4 heteroatoms. The van der Waals surface area contributed by atoms with Crippen LogP contribution >= 0.6 is 0 Å². The maximum atomic E-state index is 11.6. The molecule has 0 spiro atoms. The van der Waals surface area contributed by atoms with E-state index in [2.05, 4.69) is 34.9 Å². The van der Waals surface area contributed by atoms with E-state index in [1.54, 1.807) is 0 Å². The average molecular weight is 326 g/mol. The molecule has 0 atom stereocenters. The lowest BCUT2D eigenvalue weighted by atomic mass is 10.1. The third kappa shape index (κ3) is 6.84. The number of ether oxygens (including phenoxy) is 1. The maximum absolute atomic E-state index is 11.6. The molecule has 0 aliphatic rings. The Labute approximate surface area is 144 Å². The summed E-state index contributed by atoms with van der Waals surface area (Å²) in [5.41, 5.74) is 3.06. The number of rotatable bonds is 6. The maximum Gasteiger partial charge on any atom is 0.407 e. The van der Waals surface area contributed by atoms with Crippen molar-refractivity contribution in [3.05, 3.63) is 71.3 Å². The number of hydrogen-bond acceptors (Lipinski definition) is 3. The minimum atomic E-state index is -0.474. The highest BCUT2D eigenvalue weighted by atomic mass is 16.6. The van der Waals surface area contributed by atoms with Crippen LogP contribution in [-0.2, 0) is 24.4 Å². The van der Waals surface area contributed by atoms with Crippen molar-refractivity contribution in [2.75, 3.05) is 0 Å². The van der Waals surface area contributed by atoms with E-state index >= 15 is 0 Å². The molecule has 4 nitrogen and oxygen atoms in total. The molecule has 0 saturated heterocycles. The van der Waals surface area contributed by atoms with Crippen molar-refractivity contribution in [2.24, 2.45) is 0 Å². The summed E-state index contributed by atoms with van der Waals surface area (Å²) in [7, 11) is 0. The summed E-state index contributed by atoms with van der Waals surface area (Å²) in [6.07, 6.45) is -0.392. The first-order chi connectivity index (χ1) is 11.4. The molecule has 1 amide bonds. The van der Waals surface area contributed by atoms with Crippen LogP contribution in [0, 0.1) is 0 Å². The normalized spacial score (nSPS) is 11.1. The van der Waals surface area contributed by atoms with Crippen molar-refractivity contribution in [3.63, 3.8) is 0 Å². The van der Waals surface area contributed by atoms with Crippen molar-refractivity contribution in [2.45, 2.75) is 46.0 Å². The van der Waals surface area contributed by atoms with Gasteiger partial charge >= 0.3 is 6.09 Å². The average Bonchev–Trinajstić information content (AvgIpc) is 2.53. The fraction of sp³-hybridized carbons (Fsp3) is 0.350. The summed E-state index contributed by atoms with van der Waals surface area (Å²) >= 11 is 0. The van der Waals surface area contributed by atoms with Crippen molar-refractivity contribution >= 4 is 6.09 Å². The van der Waals surface area contributed by atoms with Gasteiger partial charge in [0.05, 0.1) is 0 Å². The van der Waals surface area contributed by atoms with Gasteiger partial charge in [0.15, 0.2) is 0 Å². The lowest BCUT2D eigenvalue weighted by Gasteiger charge is -2.19. The quantitative estimate of drug-likeness (QED) is 0.843. The Balaban J connectivity index is 1.73. The Kier molecular flexibility index (Phi) is 6.38. The second-order valence-corrected chi connectivity index (χ2v) is 6.76. The molecule has 0 heterocycles. The van der Waals surface area contributed by atoms with E-state index in [1.165, 1.54) is 11.1 Å². The summed E-state index contributed by atoms with van der Waals surface area (Å²) < 4.78 is 5.22. The number of hydrogen-bond donors (Lipinski definition) is 2. The molecule has 24 heavy (non-hydrogen) atoms. The molecule has 2 rings (SSSR count). The number of alkyl carbamates (subject to hydrolysis) is 1. The van der Waals surface area contributed by atoms with Crippen molar-refractivity contribution in [3.8, 4) is 0 Å². The van der Waals surface area contributed by atoms with E-state index in [1.807, 2.05) is 51.1 Å². The predicted molar refractivity (Wildman–Crippen MR) is 96.5 cm³/mol. The predicted octanol–water partition coefficient (Wildman–Crippen LogP) is 4.00. The van der Waals surface area contributed by atoms with E-state index in [-0.39, 0.29) is 0 Å². The van der Waals surface area contributed by atoms with Gasteiger partial charge < -0.3 is 15.4 Å². The number of amides is 1. The zero-order chi connectivity index (χ0) is 17.4. The van der Waals surface area contributed by atoms with E-state index in [9.17, 15) is 4.79 Å². The zero-order valence-electron chi connectivity index (χ0n) is 14.6. The van der Waals surface area contributed by atoms with Crippen LogP contribution < -0.4 is 10.6 Å². The molecule has 0 radical (unpaired) electrons. The standard InChI is InChI=1S/C20H26N2O2/c1-20(2,3)24-19(23)22-15-18-11-9-17(10-12-18)14-21-13-16-7-5-4-6-8-16/h4-12,21H,13-15H2,1-3H3,(H,22,23). The van der Waals surface area contributed by atoms with Crippen LogP contribution in [0.3, 0.4) is 0 Å². The molecule has 0 saturated carbocycles. The van der Waals surface area contributed by atoms with E-state index in [0.29, 0.717) is 6.54 Å². The first-order valence-electron chi connectivity index (χ1n) is 8.22. The van der Waals surface area contributed by atoms with Gasteiger partial charge in [-0.3, -0.25) is 0 Å². The number of carbonyl (C=O) groups excluding carboxylic acids is 1. The Bertz CT molecular complexity index is 631.